The van der Waals surface area contributed by atoms with Gasteiger partial charge in [0.2, 0.25) is 0 Å². The van der Waals surface area contributed by atoms with Crippen LogP contribution in [0.15, 0.2) is 36.4 Å². The van der Waals surface area contributed by atoms with Crippen molar-refractivity contribution in [1.29, 1.82) is 0 Å². The minimum absolute atomic E-state index is 0.0957. The minimum atomic E-state index is -4.37. The molecule has 1 aromatic heterocycles. The van der Waals surface area contributed by atoms with E-state index in [2.05, 4.69) is 6.92 Å². The number of hydrogen-bond donors (Lipinski definition) is 0. The summed E-state index contributed by atoms with van der Waals surface area (Å²) in [7, 11) is 1.74. The molecule has 2 aromatic rings. The van der Waals surface area contributed by atoms with Crippen LogP contribution in [0, 0.1) is 0 Å². The lowest BCUT2D eigenvalue weighted by Gasteiger charge is -2.15. The number of nitrogens with zero attached hydrogens (tertiary/aromatic N) is 1. The van der Waals surface area contributed by atoms with Gasteiger partial charge in [-0.3, -0.25) is 4.79 Å². The minimum Gasteiger partial charge on any atom is -0.341 e. The van der Waals surface area contributed by atoms with Crippen molar-refractivity contribution in [3.05, 3.63) is 46.8 Å². The summed E-state index contributed by atoms with van der Waals surface area (Å²) in [6.45, 7) is 2.72. The van der Waals surface area contributed by atoms with E-state index in [4.69, 9.17) is 0 Å². The monoisotopic (exact) mass is 341 g/mol. The van der Waals surface area contributed by atoms with Crippen molar-refractivity contribution in [1.82, 2.24) is 4.90 Å². The fourth-order valence-corrected chi connectivity index (χ4v) is 3.14. The third-order valence-corrected chi connectivity index (χ3v) is 4.61. The Bertz CT molecular complexity index is 678. The van der Waals surface area contributed by atoms with E-state index >= 15 is 0 Å². The highest BCUT2D eigenvalue weighted by Gasteiger charge is 2.30. The predicted octanol–water partition coefficient (Wildman–Crippen LogP) is 5.31. The molecule has 1 heterocycles. The van der Waals surface area contributed by atoms with E-state index in [0.717, 1.165) is 25.0 Å². The first kappa shape index (κ1) is 17.5. The lowest BCUT2D eigenvalue weighted by Crippen LogP contribution is -2.26. The molecule has 124 valence electrons. The van der Waals surface area contributed by atoms with Crippen LogP contribution < -0.4 is 0 Å². The summed E-state index contributed by atoms with van der Waals surface area (Å²) in [4.78, 5) is 15.1. The highest BCUT2D eigenvalue weighted by Crippen LogP contribution is 2.34. The molecule has 0 fully saturated rings. The van der Waals surface area contributed by atoms with Gasteiger partial charge in [-0.1, -0.05) is 25.5 Å². The first-order valence-corrected chi connectivity index (χ1v) is 8.17. The van der Waals surface area contributed by atoms with E-state index < -0.39 is 11.7 Å². The first-order chi connectivity index (χ1) is 10.8. The van der Waals surface area contributed by atoms with Crippen molar-refractivity contribution in [2.45, 2.75) is 25.9 Å². The number of rotatable bonds is 5. The van der Waals surface area contributed by atoms with Crippen LogP contribution in [0.1, 0.15) is 35.0 Å². The lowest BCUT2D eigenvalue weighted by molar-refractivity contribution is -0.137. The summed E-state index contributed by atoms with van der Waals surface area (Å²) in [5.41, 5.74) is -0.212. The third-order valence-electron chi connectivity index (χ3n) is 3.48. The third kappa shape index (κ3) is 4.34. The van der Waals surface area contributed by atoms with Crippen molar-refractivity contribution in [2.75, 3.05) is 13.6 Å². The molecule has 23 heavy (non-hydrogen) atoms. The van der Waals surface area contributed by atoms with Crippen molar-refractivity contribution in [3.8, 4) is 10.4 Å². The summed E-state index contributed by atoms with van der Waals surface area (Å²) in [5.74, 6) is -0.0957. The van der Waals surface area contributed by atoms with E-state index in [9.17, 15) is 18.0 Å². The molecule has 0 spiro atoms. The average molecular weight is 341 g/mol. The van der Waals surface area contributed by atoms with Crippen LogP contribution in [0.25, 0.3) is 10.4 Å². The highest BCUT2D eigenvalue weighted by atomic mass is 32.1. The van der Waals surface area contributed by atoms with Crippen molar-refractivity contribution in [2.24, 2.45) is 0 Å². The molecule has 0 unspecified atom stereocenters. The Morgan fingerprint density at radius 3 is 2.61 bits per heavy atom. The zero-order valence-corrected chi connectivity index (χ0v) is 13.8. The molecule has 0 atom stereocenters. The second-order valence-corrected chi connectivity index (χ2v) is 6.41. The molecule has 0 aliphatic carbocycles. The smallest absolute Gasteiger partial charge is 0.341 e. The standard InChI is InChI=1S/C17H18F3NOS/c1-3-4-10-21(2)16(22)15-9-8-14(23-15)12-6-5-7-13(11-12)17(18,19)20/h5-9,11H,3-4,10H2,1-2H3. The van der Waals surface area contributed by atoms with Gasteiger partial charge in [-0.2, -0.15) is 13.2 Å². The Balaban J connectivity index is 2.21. The van der Waals surface area contributed by atoms with E-state index in [1.54, 1.807) is 30.1 Å². The summed E-state index contributed by atoms with van der Waals surface area (Å²) in [6, 6.07) is 8.53. The topological polar surface area (TPSA) is 20.3 Å². The molecular formula is C17H18F3NOS. The van der Waals surface area contributed by atoms with Gasteiger partial charge < -0.3 is 4.90 Å². The van der Waals surface area contributed by atoms with Crippen molar-refractivity contribution in [3.63, 3.8) is 0 Å². The molecular weight excluding hydrogens is 323 g/mol. The zero-order chi connectivity index (χ0) is 17.0. The number of halogens is 3. The molecule has 0 saturated carbocycles. The molecule has 0 saturated heterocycles. The molecule has 0 aliphatic heterocycles. The number of alkyl halides is 3. The van der Waals surface area contributed by atoms with Gasteiger partial charge in [-0.25, -0.2) is 0 Å². The normalized spacial score (nSPS) is 11.5. The van der Waals surface area contributed by atoms with E-state index in [1.807, 2.05) is 0 Å². The molecule has 1 aromatic carbocycles. The molecule has 2 nitrogen and oxygen atoms in total. The zero-order valence-electron chi connectivity index (χ0n) is 13.0. The quantitative estimate of drug-likeness (QED) is 0.722. The second-order valence-electron chi connectivity index (χ2n) is 5.32. The highest BCUT2D eigenvalue weighted by molar-refractivity contribution is 7.17. The number of amides is 1. The van der Waals surface area contributed by atoms with Crippen LogP contribution in [-0.4, -0.2) is 24.4 Å². The van der Waals surface area contributed by atoms with Gasteiger partial charge in [0, 0.05) is 18.5 Å². The van der Waals surface area contributed by atoms with Gasteiger partial charge >= 0.3 is 6.18 Å². The SMILES string of the molecule is CCCCN(C)C(=O)c1ccc(-c2cccc(C(F)(F)F)c2)s1. The Morgan fingerprint density at radius 1 is 1.22 bits per heavy atom. The Hall–Kier alpha value is -1.82. The molecule has 0 N–H and O–H groups in total. The number of carbonyl (C=O) groups is 1. The van der Waals surface area contributed by atoms with Crippen LogP contribution in [-0.2, 0) is 6.18 Å². The molecule has 0 radical (unpaired) electrons. The van der Waals surface area contributed by atoms with Crippen LogP contribution in [0.5, 0.6) is 0 Å². The van der Waals surface area contributed by atoms with Crippen LogP contribution >= 0.6 is 11.3 Å². The van der Waals surface area contributed by atoms with Crippen molar-refractivity contribution < 1.29 is 18.0 Å². The van der Waals surface area contributed by atoms with Gasteiger partial charge in [0.05, 0.1) is 10.4 Å². The second kappa shape index (κ2) is 7.17. The molecule has 2 rings (SSSR count). The average Bonchev–Trinajstić information content (AvgIpc) is 3.01. The largest absolute Gasteiger partial charge is 0.416 e. The number of thiophene rings is 1. The molecule has 1 amide bonds. The summed E-state index contributed by atoms with van der Waals surface area (Å²) in [5, 5.41) is 0. The molecule has 0 bridgehead atoms. The van der Waals surface area contributed by atoms with E-state index in [1.165, 1.54) is 17.4 Å². The first-order valence-electron chi connectivity index (χ1n) is 7.36. The Labute approximate surface area is 137 Å². The van der Waals surface area contributed by atoms with Gasteiger partial charge in [-0.15, -0.1) is 11.3 Å². The summed E-state index contributed by atoms with van der Waals surface area (Å²) < 4.78 is 38.4. The maximum Gasteiger partial charge on any atom is 0.416 e. The number of unbranched alkanes of at least 4 members (excludes halogenated alkanes) is 1. The fourth-order valence-electron chi connectivity index (χ4n) is 2.14. The lowest BCUT2D eigenvalue weighted by atomic mass is 10.1. The number of carbonyl (C=O) groups excluding carboxylic acids is 1. The van der Waals surface area contributed by atoms with Crippen LogP contribution in [0.2, 0.25) is 0 Å². The number of benzene rings is 1. The fraction of sp³-hybridized carbons (Fsp3) is 0.353. The van der Waals surface area contributed by atoms with Gasteiger partial charge in [-0.05, 0) is 36.2 Å². The van der Waals surface area contributed by atoms with Crippen molar-refractivity contribution >= 4 is 17.2 Å². The predicted molar refractivity (Wildman–Crippen MR) is 86.6 cm³/mol. The maximum atomic E-state index is 12.8. The maximum absolute atomic E-state index is 12.8. The molecule has 6 heteroatoms. The van der Waals surface area contributed by atoms with Crippen LogP contribution in [0.4, 0.5) is 13.2 Å². The van der Waals surface area contributed by atoms with Gasteiger partial charge in [0.25, 0.3) is 5.91 Å². The van der Waals surface area contributed by atoms with E-state index in [-0.39, 0.29) is 5.91 Å². The Morgan fingerprint density at radius 2 is 1.96 bits per heavy atom. The summed E-state index contributed by atoms with van der Waals surface area (Å²) >= 11 is 1.22. The van der Waals surface area contributed by atoms with Gasteiger partial charge in [0.1, 0.15) is 0 Å². The van der Waals surface area contributed by atoms with E-state index in [0.29, 0.717) is 21.9 Å². The molecule has 0 aliphatic rings. The van der Waals surface area contributed by atoms with Crippen LogP contribution in [0.3, 0.4) is 0 Å². The summed E-state index contributed by atoms with van der Waals surface area (Å²) in [6.07, 6.45) is -2.45. The van der Waals surface area contributed by atoms with Gasteiger partial charge in [0.15, 0.2) is 0 Å². The Kier molecular flexibility index (Phi) is 5.46. The number of hydrogen-bond acceptors (Lipinski definition) is 2.